The van der Waals surface area contributed by atoms with Gasteiger partial charge in [0.25, 0.3) is 5.91 Å². The largest absolute Gasteiger partial charge is 0.320 e. The quantitative estimate of drug-likeness (QED) is 0.227. The van der Waals surface area contributed by atoms with Crippen LogP contribution in [0, 0.1) is 0 Å². The Bertz CT molecular complexity index is 208. The molecular weight excluding hydrogens is 182 g/mol. The molecule has 8 heteroatoms. The molecule has 0 spiro atoms. The number of hydrogen-bond donors (Lipinski definition) is 3. The van der Waals surface area contributed by atoms with Gasteiger partial charge in [-0.2, -0.15) is 8.42 Å². The van der Waals surface area contributed by atoms with Crippen molar-refractivity contribution in [3.8, 4) is 0 Å². The average molecular weight is 187 g/mol. The first-order chi connectivity index (χ1) is 4.45. The van der Waals surface area contributed by atoms with Gasteiger partial charge in [-0.25, -0.2) is 5.48 Å². The van der Waals surface area contributed by atoms with Gasteiger partial charge in [0.1, 0.15) is 0 Å². The van der Waals surface area contributed by atoms with Gasteiger partial charge in [-0.1, -0.05) is 0 Å². The second-order valence-corrected chi connectivity index (χ2v) is 4.58. The lowest BCUT2D eigenvalue weighted by Gasteiger charge is -1.93. The van der Waals surface area contributed by atoms with Gasteiger partial charge in [-0.3, -0.25) is 14.6 Å². The molecule has 1 amide bonds. The maximum absolute atomic E-state index is 10.1. The molecule has 0 bridgehead atoms. The van der Waals surface area contributed by atoms with Gasteiger partial charge in [0, 0.05) is 10.8 Å². The van der Waals surface area contributed by atoms with E-state index in [1.54, 1.807) is 0 Å². The molecule has 6 nitrogen and oxygen atoms in total. The molecule has 0 saturated heterocycles. The summed E-state index contributed by atoms with van der Waals surface area (Å²) in [6, 6.07) is 0. The molecule has 3 N–H and O–H groups in total. The molecule has 60 valence electrons. The van der Waals surface area contributed by atoms with Crippen molar-refractivity contribution in [2.45, 2.75) is 0 Å². The van der Waals surface area contributed by atoms with Crippen molar-refractivity contribution in [3.05, 3.63) is 0 Å². The average Bonchev–Trinajstić information content (AvgIpc) is 1.81. The van der Waals surface area contributed by atoms with Gasteiger partial charge in [0.05, 0.1) is 5.75 Å². The highest BCUT2D eigenvalue weighted by molar-refractivity contribution is 8.70. The van der Waals surface area contributed by atoms with Crippen LogP contribution in [0.15, 0.2) is 0 Å². The van der Waals surface area contributed by atoms with E-state index in [4.69, 9.17) is 9.76 Å². The second-order valence-electron chi connectivity index (χ2n) is 1.22. The lowest BCUT2D eigenvalue weighted by atomic mass is 10.8. The number of rotatable bonds is 3. The van der Waals surface area contributed by atoms with Gasteiger partial charge in [0.2, 0.25) is 0 Å². The third-order valence-electron chi connectivity index (χ3n) is 0.464. The van der Waals surface area contributed by atoms with Crippen molar-refractivity contribution >= 4 is 25.9 Å². The van der Waals surface area contributed by atoms with Crippen molar-refractivity contribution in [1.82, 2.24) is 5.48 Å². The number of amides is 1. The number of carbonyl (C=O) groups excluding carboxylic acids is 1. The van der Waals surface area contributed by atoms with Crippen molar-refractivity contribution < 1.29 is 23.0 Å². The summed E-state index contributed by atoms with van der Waals surface area (Å²) in [7, 11) is -4.16. The Morgan fingerprint density at radius 1 is 1.60 bits per heavy atom. The molecular formula is C2H5NO5S2. The van der Waals surface area contributed by atoms with Gasteiger partial charge in [0.15, 0.2) is 0 Å². The molecule has 0 rings (SSSR count). The molecule has 0 aromatic rings. The van der Waals surface area contributed by atoms with Gasteiger partial charge >= 0.3 is 9.15 Å². The van der Waals surface area contributed by atoms with Gasteiger partial charge in [-0.05, 0) is 0 Å². The minimum atomic E-state index is -4.18. The van der Waals surface area contributed by atoms with E-state index in [0.29, 0.717) is 0 Å². The Morgan fingerprint density at radius 3 is 2.40 bits per heavy atom. The van der Waals surface area contributed by atoms with Crippen LogP contribution in [-0.2, 0) is 13.9 Å². The van der Waals surface area contributed by atoms with Crippen LogP contribution in [0.1, 0.15) is 0 Å². The predicted octanol–water partition coefficient (Wildman–Crippen LogP) is -0.972. The summed E-state index contributed by atoms with van der Waals surface area (Å²) >= 11 is 0. The zero-order valence-electron chi connectivity index (χ0n) is 4.64. The lowest BCUT2D eigenvalue weighted by molar-refractivity contribution is -0.126. The summed E-state index contributed by atoms with van der Waals surface area (Å²) in [5.41, 5.74) is 1.20. The molecule has 0 unspecified atom stereocenters. The minimum absolute atomic E-state index is 0.0220. The first-order valence-corrected chi connectivity index (χ1v) is 4.95. The maximum Gasteiger partial charge on any atom is 0.320 e. The van der Waals surface area contributed by atoms with E-state index in [2.05, 4.69) is 0 Å². The van der Waals surface area contributed by atoms with Crippen LogP contribution in [0.4, 0.5) is 0 Å². The maximum atomic E-state index is 10.1. The fraction of sp³-hybridized carbons (Fsp3) is 0.500. The third kappa shape index (κ3) is 5.82. The monoisotopic (exact) mass is 187 g/mol. The van der Waals surface area contributed by atoms with Crippen molar-refractivity contribution in [3.63, 3.8) is 0 Å². The highest BCUT2D eigenvalue weighted by Crippen LogP contribution is 2.07. The first kappa shape index (κ1) is 9.69. The summed E-state index contributed by atoms with van der Waals surface area (Å²) < 4.78 is 27.9. The number of carbonyl (C=O) groups is 1. The Kier molecular flexibility index (Phi) is 3.64. The molecule has 0 aliphatic carbocycles. The Labute approximate surface area is 60.7 Å². The lowest BCUT2D eigenvalue weighted by Crippen LogP contribution is -2.21. The van der Waals surface area contributed by atoms with Crippen molar-refractivity contribution in [2.75, 3.05) is 5.75 Å². The number of hydrogen-bond acceptors (Lipinski definition) is 5. The Morgan fingerprint density at radius 2 is 2.10 bits per heavy atom. The molecule has 0 aliphatic rings. The zero-order chi connectivity index (χ0) is 8.20. The smallest absolute Gasteiger partial charge is 0.289 e. The molecule has 0 aliphatic heterocycles. The van der Waals surface area contributed by atoms with E-state index < -0.39 is 20.8 Å². The van der Waals surface area contributed by atoms with E-state index in [9.17, 15) is 13.2 Å². The number of hydroxylamine groups is 1. The topological polar surface area (TPSA) is 104 Å². The highest BCUT2D eigenvalue weighted by Gasteiger charge is 2.08. The Hall–Kier alpha value is -0.310. The fourth-order valence-electron chi connectivity index (χ4n) is 0.160. The molecule has 0 heterocycles. The first-order valence-electron chi connectivity index (χ1n) is 2.00. The zero-order valence-corrected chi connectivity index (χ0v) is 6.28. The van der Waals surface area contributed by atoms with Gasteiger partial charge < -0.3 is 0 Å². The minimum Gasteiger partial charge on any atom is -0.289 e. The van der Waals surface area contributed by atoms with E-state index in [-0.39, 0.29) is 10.8 Å². The second kappa shape index (κ2) is 3.76. The van der Waals surface area contributed by atoms with E-state index >= 15 is 0 Å². The predicted molar refractivity (Wildman–Crippen MR) is 33.9 cm³/mol. The normalized spacial score (nSPS) is 11.0. The Balaban J connectivity index is 3.67. The summed E-state index contributed by atoms with van der Waals surface area (Å²) in [6.45, 7) is 0. The molecule has 0 atom stereocenters. The molecule has 0 aromatic carbocycles. The summed E-state index contributed by atoms with van der Waals surface area (Å²) in [5, 5.41) is 7.84. The van der Waals surface area contributed by atoms with Crippen molar-refractivity contribution in [2.24, 2.45) is 0 Å². The van der Waals surface area contributed by atoms with Crippen LogP contribution < -0.4 is 5.48 Å². The van der Waals surface area contributed by atoms with E-state index in [1.807, 2.05) is 0 Å². The summed E-state index contributed by atoms with van der Waals surface area (Å²) in [6.07, 6.45) is 0. The molecule has 0 aromatic heterocycles. The number of nitrogens with one attached hydrogen (secondary N) is 1. The summed E-state index contributed by atoms with van der Waals surface area (Å²) in [5.74, 6) is -1.42. The standard InChI is InChI=1S/C2H5NO5S2/c4-2(3-5)1-9-10(6,7)8/h5H,1H2,(H,3,4)(H,6,7,8). The van der Waals surface area contributed by atoms with Crippen LogP contribution in [0.25, 0.3) is 0 Å². The summed E-state index contributed by atoms with van der Waals surface area (Å²) in [4.78, 5) is 10.1. The van der Waals surface area contributed by atoms with E-state index in [0.717, 1.165) is 0 Å². The molecule has 0 radical (unpaired) electrons. The van der Waals surface area contributed by atoms with Crippen LogP contribution in [-0.4, -0.2) is 29.8 Å². The van der Waals surface area contributed by atoms with Crippen LogP contribution in [0.2, 0.25) is 0 Å². The fourth-order valence-corrected chi connectivity index (χ4v) is 1.25. The van der Waals surface area contributed by atoms with Gasteiger partial charge in [-0.15, -0.1) is 0 Å². The third-order valence-corrected chi connectivity index (χ3v) is 2.39. The SMILES string of the molecule is O=C(CSS(=O)(=O)O)NO. The highest BCUT2D eigenvalue weighted by atomic mass is 33.1. The van der Waals surface area contributed by atoms with E-state index in [1.165, 1.54) is 5.48 Å². The molecule has 0 fully saturated rings. The molecule has 0 saturated carbocycles. The molecule has 10 heavy (non-hydrogen) atoms. The van der Waals surface area contributed by atoms with Crippen LogP contribution in [0.3, 0.4) is 0 Å². The van der Waals surface area contributed by atoms with Crippen LogP contribution >= 0.6 is 10.8 Å². The van der Waals surface area contributed by atoms with Crippen LogP contribution in [0.5, 0.6) is 0 Å². The van der Waals surface area contributed by atoms with Crippen molar-refractivity contribution in [1.29, 1.82) is 0 Å².